The molecule has 42 heavy (non-hydrogen) atoms. The third-order valence-electron chi connectivity index (χ3n) is 8.59. The van der Waals surface area contributed by atoms with Crippen LogP contribution in [0.2, 0.25) is 13.1 Å². The van der Waals surface area contributed by atoms with Crippen molar-refractivity contribution in [1.29, 1.82) is 0 Å². The quantitative estimate of drug-likeness (QED) is 0.205. The van der Waals surface area contributed by atoms with Crippen molar-refractivity contribution < 1.29 is 0 Å². The Morgan fingerprint density at radius 1 is 0.548 bits per heavy atom. The van der Waals surface area contributed by atoms with Gasteiger partial charge in [0.2, 0.25) is 0 Å². The van der Waals surface area contributed by atoms with Gasteiger partial charge >= 0.3 is 0 Å². The van der Waals surface area contributed by atoms with Crippen LogP contribution in [0.3, 0.4) is 0 Å². The first-order chi connectivity index (χ1) is 20.6. The van der Waals surface area contributed by atoms with Gasteiger partial charge in [0, 0.05) is 27.8 Å². The normalized spacial score (nSPS) is 13.2. The summed E-state index contributed by atoms with van der Waals surface area (Å²) in [5.74, 6) is 0.744. The van der Waals surface area contributed by atoms with Crippen molar-refractivity contribution >= 4 is 29.4 Å². The van der Waals surface area contributed by atoms with Crippen molar-refractivity contribution in [3.63, 3.8) is 0 Å². The maximum Gasteiger partial charge on any atom is 0.160 e. The third-order valence-corrected chi connectivity index (χ3v) is 12.1. The van der Waals surface area contributed by atoms with Gasteiger partial charge < -0.3 is 4.57 Å². The zero-order valence-corrected chi connectivity index (χ0v) is 24.6. The summed E-state index contributed by atoms with van der Waals surface area (Å²) in [6.07, 6.45) is 0. The lowest BCUT2D eigenvalue weighted by molar-refractivity contribution is 1.14. The summed E-state index contributed by atoms with van der Waals surface area (Å²) in [4.78, 5) is 10.3. The molecular weight excluding hydrogens is 527 g/mol. The van der Waals surface area contributed by atoms with Gasteiger partial charge in [0.05, 0.1) is 22.6 Å². The number of benzene rings is 5. The molecule has 3 nitrogen and oxygen atoms in total. The summed E-state index contributed by atoms with van der Waals surface area (Å²) in [5, 5.41) is 4.29. The molecule has 7 aromatic rings. The van der Waals surface area contributed by atoms with Crippen molar-refractivity contribution in [3.8, 4) is 50.8 Å². The molecule has 0 aliphatic carbocycles. The summed E-state index contributed by atoms with van der Waals surface area (Å²) < 4.78 is 2.46. The van der Waals surface area contributed by atoms with E-state index in [1.54, 1.807) is 0 Å². The van der Waals surface area contributed by atoms with Crippen LogP contribution in [-0.4, -0.2) is 22.6 Å². The lowest BCUT2D eigenvalue weighted by Crippen LogP contribution is -2.49. The van der Waals surface area contributed by atoms with Crippen molar-refractivity contribution in [3.05, 3.63) is 140 Å². The number of para-hydroxylation sites is 1. The van der Waals surface area contributed by atoms with Gasteiger partial charge in [0.25, 0.3) is 0 Å². The van der Waals surface area contributed by atoms with E-state index in [1.807, 2.05) is 12.1 Å². The predicted molar refractivity (Wildman–Crippen MR) is 177 cm³/mol. The highest BCUT2D eigenvalue weighted by Gasteiger charge is 2.42. The molecule has 0 spiro atoms. The van der Waals surface area contributed by atoms with Crippen LogP contribution in [0, 0.1) is 0 Å². The monoisotopic (exact) mass is 555 g/mol. The average Bonchev–Trinajstić information content (AvgIpc) is 3.52. The standard InChI is InChI=1S/C38H29N3Si/c1-42(2)35-21-13-12-20-30(35)36-37(42)31-24-28(22-23-34(31)41(36)29-18-10-5-11-19-29)38-39-32(26-14-6-3-7-15-26)25-33(40-38)27-16-8-4-9-17-27/h3-25H,1-2H3. The average molecular weight is 556 g/mol. The number of aromatic nitrogens is 3. The van der Waals surface area contributed by atoms with Crippen LogP contribution in [0.15, 0.2) is 140 Å². The second-order valence-corrected chi connectivity index (χ2v) is 15.8. The van der Waals surface area contributed by atoms with Crippen molar-refractivity contribution in [2.45, 2.75) is 13.1 Å². The molecule has 0 N–H and O–H groups in total. The van der Waals surface area contributed by atoms with E-state index in [2.05, 4.69) is 145 Å². The highest BCUT2D eigenvalue weighted by atomic mass is 28.3. The molecule has 200 valence electrons. The molecule has 0 atom stereocenters. The van der Waals surface area contributed by atoms with E-state index >= 15 is 0 Å². The van der Waals surface area contributed by atoms with E-state index in [0.29, 0.717) is 0 Å². The van der Waals surface area contributed by atoms with Crippen LogP contribution >= 0.6 is 0 Å². The van der Waals surface area contributed by atoms with Crippen LogP contribution in [0.4, 0.5) is 0 Å². The number of hydrogen-bond acceptors (Lipinski definition) is 2. The first-order valence-corrected chi connectivity index (χ1v) is 17.4. The maximum atomic E-state index is 5.13. The van der Waals surface area contributed by atoms with Gasteiger partial charge in [-0.1, -0.05) is 116 Å². The Kier molecular flexibility index (Phi) is 5.59. The van der Waals surface area contributed by atoms with Gasteiger partial charge in [-0.2, -0.15) is 0 Å². The van der Waals surface area contributed by atoms with Crippen LogP contribution in [0.25, 0.3) is 61.8 Å². The summed E-state index contributed by atoms with van der Waals surface area (Å²) >= 11 is 0. The van der Waals surface area contributed by atoms with Crippen LogP contribution in [0.5, 0.6) is 0 Å². The molecule has 0 radical (unpaired) electrons. The molecule has 0 saturated carbocycles. The van der Waals surface area contributed by atoms with E-state index in [9.17, 15) is 0 Å². The molecule has 0 amide bonds. The number of fused-ring (bicyclic) bond motifs is 5. The number of hydrogen-bond donors (Lipinski definition) is 0. The Labute approximate surface area is 246 Å². The Morgan fingerprint density at radius 2 is 1.12 bits per heavy atom. The zero-order chi connectivity index (χ0) is 28.3. The number of nitrogens with zero attached hydrogens (tertiary/aromatic N) is 3. The van der Waals surface area contributed by atoms with E-state index in [1.165, 1.54) is 38.2 Å². The molecule has 4 heteroatoms. The molecule has 0 fully saturated rings. The van der Waals surface area contributed by atoms with Gasteiger partial charge in [-0.05, 0) is 52.3 Å². The molecule has 2 aromatic heterocycles. The summed E-state index contributed by atoms with van der Waals surface area (Å²) in [6.45, 7) is 4.97. The zero-order valence-electron chi connectivity index (χ0n) is 23.6. The molecule has 0 saturated heterocycles. The fourth-order valence-corrected chi connectivity index (χ4v) is 9.99. The van der Waals surface area contributed by atoms with Gasteiger partial charge in [-0.3, -0.25) is 0 Å². The molecule has 0 unspecified atom stereocenters. The minimum atomic E-state index is -1.97. The summed E-state index contributed by atoms with van der Waals surface area (Å²) in [5.41, 5.74) is 10.2. The Morgan fingerprint density at radius 3 is 1.76 bits per heavy atom. The topological polar surface area (TPSA) is 30.7 Å². The van der Waals surface area contributed by atoms with Crippen LogP contribution in [0.1, 0.15) is 0 Å². The van der Waals surface area contributed by atoms with E-state index < -0.39 is 8.07 Å². The highest BCUT2D eigenvalue weighted by molar-refractivity contribution is 7.05. The van der Waals surface area contributed by atoms with E-state index in [0.717, 1.165) is 33.9 Å². The molecule has 1 aliphatic rings. The van der Waals surface area contributed by atoms with E-state index in [-0.39, 0.29) is 0 Å². The first kappa shape index (κ1) is 24.7. The largest absolute Gasteiger partial charge is 0.309 e. The third kappa shape index (κ3) is 3.80. The molecule has 3 heterocycles. The maximum absolute atomic E-state index is 5.13. The smallest absolute Gasteiger partial charge is 0.160 e. The lowest BCUT2D eigenvalue weighted by atomic mass is 10.1. The predicted octanol–water partition coefficient (Wildman–Crippen LogP) is 8.22. The molecule has 1 aliphatic heterocycles. The molecule has 0 bridgehead atoms. The summed E-state index contributed by atoms with van der Waals surface area (Å²) in [7, 11) is -1.97. The Hall–Kier alpha value is -5.06. The van der Waals surface area contributed by atoms with Crippen LogP contribution in [-0.2, 0) is 0 Å². The van der Waals surface area contributed by atoms with Crippen LogP contribution < -0.4 is 10.4 Å². The van der Waals surface area contributed by atoms with Gasteiger partial charge in [0.15, 0.2) is 5.82 Å². The molecular formula is C38H29N3Si. The second kappa shape index (κ2) is 9.50. The Bertz CT molecular complexity index is 2040. The van der Waals surface area contributed by atoms with Crippen molar-refractivity contribution in [2.24, 2.45) is 0 Å². The van der Waals surface area contributed by atoms with Gasteiger partial charge in [-0.25, -0.2) is 9.97 Å². The highest BCUT2D eigenvalue weighted by Crippen LogP contribution is 2.38. The second-order valence-electron chi connectivity index (χ2n) is 11.5. The molecule has 8 rings (SSSR count). The SMILES string of the molecule is C[Si]1(C)c2ccccc2-c2c1c1cc(-c3nc(-c4ccccc4)cc(-c4ccccc4)n3)ccc1n2-c1ccccc1. The van der Waals surface area contributed by atoms with E-state index in [4.69, 9.17) is 9.97 Å². The van der Waals surface area contributed by atoms with Crippen molar-refractivity contribution in [1.82, 2.24) is 14.5 Å². The van der Waals surface area contributed by atoms with Gasteiger partial charge in [-0.15, -0.1) is 0 Å². The minimum absolute atomic E-state index is 0.744. The summed E-state index contributed by atoms with van der Waals surface area (Å²) in [6, 6.07) is 49.4. The minimum Gasteiger partial charge on any atom is -0.309 e. The molecule has 5 aromatic carbocycles. The fourth-order valence-electron chi connectivity index (χ4n) is 6.62. The lowest BCUT2D eigenvalue weighted by Gasteiger charge is -2.19. The van der Waals surface area contributed by atoms with Crippen molar-refractivity contribution in [2.75, 3.05) is 0 Å². The number of rotatable bonds is 4. The van der Waals surface area contributed by atoms with Gasteiger partial charge in [0.1, 0.15) is 8.07 Å². The Balaban J connectivity index is 1.40. The first-order valence-electron chi connectivity index (χ1n) is 14.4. The fraction of sp³-hybridized carbons (Fsp3) is 0.0526.